The molecule has 33 heavy (non-hydrogen) atoms. The molecule has 6 nitrogen and oxygen atoms in total. The minimum Gasteiger partial charge on any atom is -0.456 e. The minimum atomic E-state index is -1.09. The van der Waals surface area contributed by atoms with Gasteiger partial charge in [0, 0.05) is 17.3 Å². The number of benzene rings is 2. The second kappa shape index (κ2) is 7.37. The van der Waals surface area contributed by atoms with E-state index in [1.807, 2.05) is 48.5 Å². The third kappa shape index (κ3) is 3.07. The van der Waals surface area contributed by atoms with Crippen LogP contribution in [0.3, 0.4) is 0 Å². The molecule has 170 valence electrons. The quantitative estimate of drug-likeness (QED) is 0.532. The molecule has 6 rings (SSSR count). The Labute approximate surface area is 192 Å². The van der Waals surface area contributed by atoms with E-state index < -0.39 is 29.3 Å². The highest BCUT2D eigenvalue weighted by atomic mass is 16.5. The average Bonchev–Trinajstić information content (AvgIpc) is 3.06. The summed E-state index contributed by atoms with van der Waals surface area (Å²) >= 11 is 0. The molecule has 2 aromatic rings. The van der Waals surface area contributed by atoms with Crippen molar-refractivity contribution in [2.75, 3.05) is 6.61 Å². The van der Waals surface area contributed by atoms with Crippen molar-refractivity contribution < 1.29 is 23.9 Å². The lowest BCUT2D eigenvalue weighted by Gasteiger charge is -2.45. The molecule has 2 aromatic carbocycles. The Morgan fingerprint density at radius 3 is 1.61 bits per heavy atom. The summed E-state index contributed by atoms with van der Waals surface area (Å²) in [6.45, 7) is 6.36. The molecule has 0 N–H and O–H groups in total. The molecule has 0 saturated carbocycles. The highest BCUT2D eigenvalue weighted by Gasteiger charge is 2.62. The van der Waals surface area contributed by atoms with E-state index in [4.69, 9.17) is 4.74 Å². The zero-order valence-electron chi connectivity index (χ0n) is 19.2. The van der Waals surface area contributed by atoms with Gasteiger partial charge in [-0.05, 0) is 29.2 Å². The van der Waals surface area contributed by atoms with Crippen LogP contribution in [0.15, 0.2) is 48.5 Å². The normalized spacial score (nSPS) is 25.9. The number of hydrogen-bond donors (Lipinski definition) is 0. The summed E-state index contributed by atoms with van der Waals surface area (Å²) in [7, 11) is 0. The van der Waals surface area contributed by atoms with E-state index in [0.717, 1.165) is 27.2 Å². The van der Waals surface area contributed by atoms with Crippen molar-refractivity contribution in [2.24, 2.45) is 17.3 Å². The van der Waals surface area contributed by atoms with Crippen LogP contribution in [0.1, 0.15) is 61.8 Å². The number of likely N-dealkylation sites (tertiary alicyclic amines) is 1. The molecule has 4 aliphatic rings. The lowest BCUT2D eigenvalue weighted by molar-refractivity contribution is -0.160. The molecule has 0 unspecified atom stereocenters. The number of esters is 1. The average molecular weight is 446 g/mol. The van der Waals surface area contributed by atoms with Crippen molar-refractivity contribution in [2.45, 2.75) is 45.6 Å². The van der Waals surface area contributed by atoms with Gasteiger partial charge in [0.1, 0.15) is 6.04 Å². The molecule has 2 bridgehead atoms. The SMILES string of the molecule is C[C@@H](C(=O)OCC(=O)C(C)(C)C)N1C(=O)[C@@H]2C3c4ccccc4C(c4ccccc43)[C@@H]2C1=O. The zero-order valence-corrected chi connectivity index (χ0v) is 19.2. The molecule has 1 fully saturated rings. The molecule has 6 heteroatoms. The van der Waals surface area contributed by atoms with Crippen LogP contribution in [0, 0.1) is 17.3 Å². The second-order valence-electron chi connectivity index (χ2n) is 10.3. The number of rotatable bonds is 4. The highest BCUT2D eigenvalue weighted by molar-refractivity contribution is 6.10. The maximum absolute atomic E-state index is 13.6. The molecule has 1 heterocycles. The topological polar surface area (TPSA) is 80.8 Å². The lowest BCUT2D eigenvalue weighted by Crippen LogP contribution is -2.45. The maximum Gasteiger partial charge on any atom is 0.329 e. The standard InChI is InChI=1S/C27H27NO5/c1-14(26(32)33-13-19(29)27(2,3)4)28-24(30)22-20-15-9-5-6-10-16(15)21(23(22)25(28)31)18-12-8-7-11-17(18)20/h5-12,14,20-23H,13H2,1-4H3/t14-,20?,21?,22-,23+/m0/s1. The first-order chi connectivity index (χ1) is 15.6. The molecule has 1 saturated heterocycles. The van der Waals surface area contributed by atoms with Gasteiger partial charge in [-0.15, -0.1) is 0 Å². The van der Waals surface area contributed by atoms with Crippen LogP contribution >= 0.6 is 0 Å². The van der Waals surface area contributed by atoms with E-state index in [9.17, 15) is 19.2 Å². The van der Waals surface area contributed by atoms with Gasteiger partial charge in [0.2, 0.25) is 11.8 Å². The summed E-state index contributed by atoms with van der Waals surface area (Å²) < 4.78 is 5.21. The Morgan fingerprint density at radius 1 is 0.848 bits per heavy atom. The van der Waals surface area contributed by atoms with E-state index >= 15 is 0 Å². The van der Waals surface area contributed by atoms with Crippen molar-refractivity contribution in [1.82, 2.24) is 4.90 Å². The summed E-state index contributed by atoms with van der Waals surface area (Å²) in [5.74, 6) is -3.17. The fourth-order valence-corrected chi connectivity index (χ4v) is 5.66. The van der Waals surface area contributed by atoms with E-state index in [1.165, 1.54) is 6.92 Å². The fourth-order valence-electron chi connectivity index (χ4n) is 5.66. The molecule has 0 radical (unpaired) electrons. The largest absolute Gasteiger partial charge is 0.456 e. The molecule has 0 spiro atoms. The molecule has 1 aliphatic heterocycles. The minimum absolute atomic E-state index is 0.222. The number of carbonyl (C=O) groups excluding carboxylic acids is 4. The van der Waals surface area contributed by atoms with E-state index in [1.54, 1.807) is 20.8 Å². The van der Waals surface area contributed by atoms with Crippen LogP contribution < -0.4 is 0 Å². The Hall–Kier alpha value is -3.28. The second-order valence-corrected chi connectivity index (χ2v) is 10.3. The number of amides is 2. The third-order valence-corrected chi connectivity index (χ3v) is 7.39. The van der Waals surface area contributed by atoms with Gasteiger partial charge in [-0.3, -0.25) is 19.3 Å². The molecular weight excluding hydrogens is 418 g/mol. The van der Waals surface area contributed by atoms with Crippen molar-refractivity contribution in [3.05, 3.63) is 70.8 Å². The number of carbonyl (C=O) groups is 4. The molecule has 0 aromatic heterocycles. The zero-order chi connectivity index (χ0) is 23.7. The third-order valence-electron chi connectivity index (χ3n) is 7.39. The summed E-state index contributed by atoms with van der Waals surface area (Å²) in [6, 6.07) is 14.9. The Bertz CT molecular complexity index is 1080. The van der Waals surface area contributed by atoms with Crippen LogP contribution in [0.2, 0.25) is 0 Å². The van der Waals surface area contributed by atoms with Gasteiger partial charge in [-0.1, -0.05) is 69.3 Å². The van der Waals surface area contributed by atoms with Crippen LogP contribution in [-0.2, 0) is 23.9 Å². The summed E-state index contributed by atoms with van der Waals surface area (Å²) in [5.41, 5.74) is 3.68. The number of ether oxygens (including phenoxy) is 1. The lowest BCUT2D eigenvalue weighted by atomic mass is 9.55. The first-order valence-electron chi connectivity index (χ1n) is 11.4. The first-order valence-corrected chi connectivity index (χ1v) is 11.4. The molecular formula is C27H27NO5. The number of ketones is 1. The Morgan fingerprint density at radius 2 is 1.24 bits per heavy atom. The number of nitrogens with zero attached hydrogens (tertiary/aromatic N) is 1. The number of hydrogen-bond acceptors (Lipinski definition) is 5. The van der Waals surface area contributed by atoms with Gasteiger partial charge < -0.3 is 4.74 Å². The monoisotopic (exact) mass is 445 g/mol. The number of Topliss-reactive ketones (excluding diaryl/α,β-unsaturated/α-hetero) is 1. The Kier molecular flexibility index (Phi) is 4.82. The van der Waals surface area contributed by atoms with Crippen LogP contribution in [-0.4, -0.2) is 41.1 Å². The van der Waals surface area contributed by atoms with Crippen molar-refractivity contribution in [3.8, 4) is 0 Å². The summed E-state index contributed by atoms with van der Waals surface area (Å²) in [5, 5.41) is 0. The van der Waals surface area contributed by atoms with E-state index in [2.05, 4.69) is 0 Å². The predicted octanol–water partition coefficient (Wildman–Crippen LogP) is 3.43. The molecule has 3 atom stereocenters. The van der Waals surface area contributed by atoms with Gasteiger partial charge in [0.05, 0.1) is 11.8 Å². The van der Waals surface area contributed by atoms with Crippen LogP contribution in [0.5, 0.6) is 0 Å². The summed E-state index contributed by atoms with van der Waals surface area (Å²) in [6.07, 6.45) is 0. The molecule has 2 amide bonds. The van der Waals surface area contributed by atoms with Gasteiger partial charge in [0.15, 0.2) is 12.4 Å². The maximum atomic E-state index is 13.6. The smallest absolute Gasteiger partial charge is 0.329 e. The van der Waals surface area contributed by atoms with Crippen LogP contribution in [0.4, 0.5) is 0 Å². The van der Waals surface area contributed by atoms with Gasteiger partial charge in [-0.2, -0.15) is 0 Å². The van der Waals surface area contributed by atoms with E-state index in [-0.39, 0.29) is 36.0 Å². The van der Waals surface area contributed by atoms with Crippen molar-refractivity contribution in [3.63, 3.8) is 0 Å². The van der Waals surface area contributed by atoms with Gasteiger partial charge >= 0.3 is 5.97 Å². The predicted molar refractivity (Wildman–Crippen MR) is 120 cm³/mol. The van der Waals surface area contributed by atoms with Gasteiger partial charge in [0.25, 0.3) is 0 Å². The fraction of sp³-hybridized carbons (Fsp3) is 0.407. The summed E-state index contributed by atoms with van der Waals surface area (Å²) in [4.78, 5) is 53.3. The molecule has 3 aliphatic carbocycles. The van der Waals surface area contributed by atoms with Crippen molar-refractivity contribution in [1.29, 1.82) is 0 Å². The van der Waals surface area contributed by atoms with E-state index in [0.29, 0.717) is 0 Å². The highest BCUT2D eigenvalue weighted by Crippen LogP contribution is 2.61. The van der Waals surface area contributed by atoms with Crippen molar-refractivity contribution >= 4 is 23.6 Å². The Balaban J connectivity index is 1.47. The van der Waals surface area contributed by atoms with Gasteiger partial charge in [-0.25, -0.2) is 4.79 Å². The van der Waals surface area contributed by atoms with Crippen LogP contribution in [0.25, 0.3) is 0 Å². The number of imide groups is 1. The first kappa shape index (κ1) is 21.6.